The molecule has 4 heterocycles. The number of carbonyl (C=O) groups is 4. The van der Waals surface area contributed by atoms with E-state index in [-0.39, 0.29) is 65.6 Å². The van der Waals surface area contributed by atoms with Crippen molar-refractivity contribution < 1.29 is 28.0 Å². The predicted octanol–water partition coefficient (Wildman–Crippen LogP) is 4.68. The summed E-state index contributed by atoms with van der Waals surface area (Å²) in [4.78, 5) is 56.5. The Morgan fingerprint density at radius 2 is 1.69 bits per heavy atom. The van der Waals surface area contributed by atoms with Crippen LogP contribution in [0.3, 0.4) is 0 Å². The van der Waals surface area contributed by atoms with Crippen LogP contribution in [0.15, 0.2) is 42.0 Å². The van der Waals surface area contributed by atoms with E-state index in [0.717, 1.165) is 50.3 Å². The molecule has 10 heteroatoms. The highest BCUT2D eigenvalue weighted by Crippen LogP contribution is 2.44. The van der Waals surface area contributed by atoms with Crippen LogP contribution in [0.1, 0.15) is 90.6 Å². The van der Waals surface area contributed by atoms with E-state index in [0.29, 0.717) is 18.7 Å². The maximum Gasteiger partial charge on any atom is 0.258 e. The number of halogens is 2. The highest BCUT2D eigenvalue weighted by molar-refractivity contribution is 6.06. The minimum absolute atomic E-state index is 0.0137. The second-order valence-corrected chi connectivity index (χ2v) is 14.1. The van der Waals surface area contributed by atoms with Crippen LogP contribution in [-0.4, -0.2) is 76.1 Å². The van der Waals surface area contributed by atoms with Gasteiger partial charge in [-0.25, -0.2) is 8.78 Å². The van der Waals surface area contributed by atoms with Crippen LogP contribution < -0.4 is 5.32 Å². The monoisotopic (exact) mass is 616 g/mol. The lowest BCUT2D eigenvalue weighted by molar-refractivity contribution is -0.136. The molecule has 0 aromatic heterocycles. The molecule has 1 aliphatic carbocycles. The lowest BCUT2D eigenvalue weighted by Crippen LogP contribution is -2.55. The van der Waals surface area contributed by atoms with Crippen molar-refractivity contribution in [1.82, 2.24) is 20.0 Å². The van der Waals surface area contributed by atoms with Crippen molar-refractivity contribution in [2.75, 3.05) is 19.6 Å². The Morgan fingerprint density at radius 1 is 0.978 bits per heavy atom. The molecule has 7 rings (SSSR count). The van der Waals surface area contributed by atoms with E-state index in [1.165, 1.54) is 28.2 Å². The first-order chi connectivity index (χ1) is 21.5. The molecule has 3 atom stereocenters. The molecule has 4 aliphatic heterocycles. The number of piperidine rings is 1. The molecule has 236 valence electrons. The van der Waals surface area contributed by atoms with Crippen LogP contribution in [-0.2, 0) is 16.1 Å². The van der Waals surface area contributed by atoms with Crippen LogP contribution in [0.4, 0.5) is 8.78 Å². The number of benzene rings is 2. The molecule has 2 bridgehead atoms. The molecule has 3 fully saturated rings. The SMILES string of the molecule is CC1(C)CCC(CN2C3CCC2CN(C(=O)c2cc(F)c4c(c2)CN(C2CCC(=O)NC2=O)C4=O)C3)=C(c2ccc(F)cc2)C1. The van der Waals surface area contributed by atoms with Gasteiger partial charge in [-0.05, 0) is 84.9 Å². The largest absolute Gasteiger partial charge is 0.336 e. The van der Waals surface area contributed by atoms with Crippen molar-refractivity contribution in [2.45, 2.75) is 83.5 Å². The maximum absolute atomic E-state index is 15.4. The lowest BCUT2D eigenvalue weighted by atomic mass is 9.72. The number of hydrogen-bond acceptors (Lipinski definition) is 5. The number of fused-ring (bicyclic) bond motifs is 3. The highest BCUT2D eigenvalue weighted by Gasteiger charge is 2.44. The Morgan fingerprint density at radius 3 is 2.38 bits per heavy atom. The minimum Gasteiger partial charge on any atom is -0.336 e. The Hall–Kier alpha value is -3.92. The summed E-state index contributed by atoms with van der Waals surface area (Å²) in [5, 5.41) is 2.25. The number of hydrogen-bond donors (Lipinski definition) is 1. The first-order valence-corrected chi connectivity index (χ1v) is 16.0. The van der Waals surface area contributed by atoms with Crippen molar-refractivity contribution >= 4 is 29.2 Å². The molecule has 3 unspecified atom stereocenters. The number of rotatable bonds is 5. The van der Waals surface area contributed by atoms with Crippen LogP contribution in [0.5, 0.6) is 0 Å². The van der Waals surface area contributed by atoms with Crippen molar-refractivity contribution in [2.24, 2.45) is 5.41 Å². The summed E-state index contributed by atoms with van der Waals surface area (Å²) >= 11 is 0. The Bertz CT molecular complexity index is 1620. The Balaban J connectivity index is 1.07. The smallest absolute Gasteiger partial charge is 0.258 e. The molecule has 1 N–H and O–H groups in total. The third-order valence-electron chi connectivity index (χ3n) is 10.5. The number of likely N-dealkylation sites (tertiary alicyclic amines) is 1. The third kappa shape index (κ3) is 5.47. The summed E-state index contributed by atoms with van der Waals surface area (Å²) in [6.07, 6.45) is 5.27. The van der Waals surface area contributed by atoms with Gasteiger partial charge in [0.05, 0.1) is 5.56 Å². The van der Waals surface area contributed by atoms with Crippen LogP contribution in [0.25, 0.3) is 5.57 Å². The van der Waals surface area contributed by atoms with Crippen molar-refractivity contribution in [1.29, 1.82) is 0 Å². The van der Waals surface area contributed by atoms with Gasteiger partial charge in [-0.15, -0.1) is 0 Å². The van der Waals surface area contributed by atoms with Gasteiger partial charge >= 0.3 is 0 Å². The minimum atomic E-state index is -0.848. The van der Waals surface area contributed by atoms with Crippen molar-refractivity contribution in [3.63, 3.8) is 0 Å². The second-order valence-electron chi connectivity index (χ2n) is 14.1. The zero-order valence-corrected chi connectivity index (χ0v) is 25.7. The van der Waals surface area contributed by atoms with Gasteiger partial charge in [0.15, 0.2) is 0 Å². The number of carbonyl (C=O) groups excluding carboxylic acids is 4. The van der Waals surface area contributed by atoms with E-state index >= 15 is 4.39 Å². The molecule has 0 spiro atoms. The second kappa shape index (κ2) is 11.2. The number of piperazine rings is 1. The van der Waals surface area contributed by atoms with Gasteiger partial charge in [-0.3, -0.25) is 29.4 Å². The fourth-order valence-corrected chi connectivity index (χ4v) is 8.06. The molecule has 2 aromatic rings. The molecule has 2 aromatic carbocycles. The summed E-state index contributed by atoms with van der Waals surface area (Å²) in [6.45, 7) is 6.49. The van der Waals surface area contributed by atoms with E-state index in [4.69, 9.17) is 0 Å². The quantitative estimate of drug-likeness (QED) is 0.493. The molecule has 4 amide bonds. The van der Waals surface area contributed by atoms with E-state index in [1.807, 2.05) is 17.0 Å². The van der Waals surface area contributed by atoms with Crippen LogP contribution >= 0.6 is 0 Å². The van der Waals surface area contributed by atoms with Gasteiger partial charge in [0.2, 0.25) is 11.8 Å². The van der Waals surface area contributed by atoms with Gasteiger partial charge in [-0.2, -0.15) is 0 Å². The van der Waals surface area contributed by atoms with Gasteiger partial charge in [0.1, 0.15) is 17.7 Å². The average Bonchev–Trinajstić information content (AvgIpc) is 3.43. The zero-order valence-electron chi connectivity index (χ0n) is 25.7. The number of nitrogens with zero attached hydrogens (tertiary/aromatic N) is 3. The fourth-order valence-electron chi connectivity index (χ4n) is 8.06. The standard InChI is InChI=1S/C35H38F2N4O4/c1-35(2)12-11-21(27(15-35)20-3-5-24(36)6-4-20)16-40-25-7-8-26(40)19-39(18-25)33(44)22-13-23-17-41(34(45)31(23)28(37)14-22)29-9-10-30(42)38-32(29)43/h3-6,13-14,25-26,29H,7-12,15-19H2,1-2H3,(H,38,42,43). The number of allylic oxidation sites excluding steroid dienone is 1. The molecule has 0 radical (unpaired) electrons. The van der Waals surface area contributed by atoms with Gasteiger partial charge in [0, 0.05) is 50.2 Å². The molecule has 8 nitrogen and oxygen atoms in total. The van der Waals surface area contributed by atoms with Crippen LogP contribution in [0.2, 0.25) is 0 Å². The summed E-state index contributed by atoms with van der Waals surface area (Å²) in [5.74, 6) is -2.81. The van der Waals surface area contributed by atoms with Gasteiger partial charge < -0.3 is 9.80 Å². The third-order valence-corrected chi connectivity index (χ3v) is 10.5. The maximum atomic E-state index is 15.4. The van der Waals surface area contributed by atoms with Gasteiger partial charge in [-0.1, -0.05) is 31.6 Å². The number of amides is 4. The van der Waals surface area contributed by atoms with E-state index in [1.54, 1.807) is 6.07 Å². The predicted molar refractivity (Wildman–Crippen MR) is 163 cm³/mol. The average molecular weight is 617 g/mol. The summed E-state index contributed by atoms with van der Waals surface area (Å²) < 4.78 is 29.1. The molecular formula is C35H38F2N4O4. The Labute approximate surface area is 261 Å². The first kappa shape index (κ1) is 29.8. The van der Waals surface area contributed by atoms with E-state index in [9.17, 15) is 23.6 Å². The molecule has 3 saturated heterocycles. The number of imide groups is 1. The van der Waals surface area contributed by atoms with Crippen LogP contribution in [0, 0.1) is 17.0 Å². The van der Waals surface area contributed by atoms with Crippen molar-refractivity contribution in [3.05, 3.63) is 75.9 Å². The molecular weight excluding hydrogens is 578 g/mol. The topological polar surface area (TPSA) is 90.0 Å². The normalized spacial score (nSPS) is 26.4. The molecule has 5 aliphatic rings. The molecule has 0 saturated carbocycles. The Kier molecular flexibility index (Phi) is 7.38. The summed E-state index contributed by atoms with van der Waals surface area (Å²) in [7, 11) is 0. The van der Waals surface area contributed by atoms with E-state index in [2.05, 4.69) is 24.1 Å². The number of nitrogens with one attached hydrogen (secondary N) is 1. The fraction of sp³-hybridized carbons (Fsp3) is 0.486. The highest BCUT2D eigenvalue weighted by atomic mass is 19.1. The summed E-state index contributed by atoms with van der Waals surface area (Å²) in [5.41, 5.74) is 4.42. The summed E-state index contributed by atoms with van der Waals surface area (Å²) in [6, 6.07) is 9.07. The van der Waals surface area contributed by atoms with Gasteiger partial charge in [0.25, 0.3) is 11.8 Å². The molecule has 45 heavy (non-hydrogen) atoms. The first-order valence-electron chi connectivity index (χ1n) is 16.0. The lowest BCUT2D eigenvalue weighted by Gasteiger charge is -2.43. The van der Waals surface area contributed by atoms with Crippen molar-refractivity contribution in [3.8, 4) is 0 Å². The zero-order chi connectivity index (χ0) is 31.6. The van der Waals surface area contributed by atoms with E-state index < -0.39 is 23.7 Å².